The van der Waals surface area contributed by atoms with E-state index in [1.165, 1.54) is 23.1 Å². The van der Waals surface area contributed by atoms with Crippen LogP contribution in [0.2, 0.25) is 0 Å². The zero-order chi connectivity index (χ0) is 18.8. The van der Waals surface area contributed by atoms with Crippen LogP contribution in [0, 0.1) is 0 Å². The quantitative estimate of drug-likeness (QED) is 0.542. The van der Waals surface area contributed by atoms with Gasteiger partial charge in [-0.3, -0.25) is 14.5 Å². The lowest BCUT2D eigenvalue weighted by Crippen LogP contribution is -2.37. The first-order valence-electron chi connectivity index (χ1n) is 8.36. The molecule has 0 spiro atoms. The van der Waals surface area contributed by atoms with E-state index in [4.69, 9.17) is 4.74 Å². The van der Waals surface area contributed by atoms with Crippen molar-refractivity contribution in [2.75, 3.05) is 0 Å². The summed E-state index contributed by atoms with van der Waals surface area (Å²) in [6.45, 7) is 3.87. The molecule has 2 aromatic carbocycles. The molecule has 0 aliphatic carbocycles. The average Bonchev–Trinajstić information content (AvgIpc) is 2.89. The number of fused-ring (bicyclic) bond motifs is 1. The second kappa shape index (κ2) is 7.41. The van der Waals surface area contributed by atoms with Crippen LogP contribution in [-0.4, -0.2) is 28.7 Å². The third-order valence-electron chi connectivity index (χ3n) is 4.44. The maximum Gasteiger partial charge on any atom is 0.338 e. The molecule has 0 saturated heterocycles. The number of esters is 1. The number of nitrogens with zero attached hydrogens (tertiary/aromatic N) is 1. The second-order valence-corrected chi connectivity index (χ2v) is 7.12. The summed E-state index contributed by atoms with van der Waals surface area (Å²) in [6.07, 6.45) is 0.674. The summed E-state index contributed by atoms with van der Waals surface area (Å²) in [6, 6.07) is 11.8. The molecule has 5 nitrogen and oxygen atoms in total. The maximum atomic E-state index is 12.5. The van der Waals surface area contributed by atoms with Gasteiger partial charge in [-0.15, -0.1) is 0 Å². The molecule has 1 heterocycles. The standard InChI is InChI=1S/C20H18BrNO4/c1-3-12(2)22-18(23)16-8-7-14(10-17(16)19(22)24)20(25)26-11-13-5-4-6-15(21)9-13/h4-10,12H,3,11H2,1-2H3. The van der Waals surface area contributed by atoms with Gasteiger partial charge in [-0.05, 0) is 49.2 Å². The molecule has 2 aromatic rings. The molecule has 1 atom stereocenters. The average molecular weight is 416 g/mol. The van der Waals surface area contributed by atoms with Gasteiger partial charge in [0.05, 0.1) is 16.7 Å². The number of carbonyl (C=O) groups is 3. The highest BCUT2D eigenvalue weighted by Gasteiger charge is 2.38. The molecule has 0 N–H and O–H groups in total. The number of rotatable bonds is 5. The van der Waals surface area contributed by atoms with E-state index in [2.05, 4.69) is 15.9 Å². The van der Waals surface area contributed by atoms with Crippen LogP contribution >= 0.6 is 15.9 Å². The van der Waals surface area contributed by atoms with E-state index in [9.17, 15) is 14.4 Å². The van der Waals surface area contributed by atoms with Gasteiger partial charge in [-0.25, -0.2) is 4.79 Å². The molecule has 1 aliphatic rings. The molecule has 134 valence electrons. The molecule has 1 aliphatic heterocycles. The lowest BCUT2D eigenvalue weighted by molar-refractivity contribution is 0.0472. The highest BCUT2D eigenvalue weighted by molar-refractivity contribution is 9.10. The highest BCUT2D eigenvalue weighted by atomic mass is 79.9. The Balaban J connectivity index is 1.77. The summed E-state index contributed by atoms with van der Waals surface area (Å²) in [5.74, 6) is -1.20. The Morgan fingerprint density at radius 1 is 1.12 bits per heavy atom. The van der Waals surface area contributed by atoms with E-state index in [-0.39, 0.29) is 35.6 Å². The minimum Gasteiger partial charge on any atom is -0.457 e. The molecule has 3 rings (SSSR count). The number of carbonyl (C=O) groups excluding carboxylic acids is 3. The van der Waals surface area contributed by atoms with E-state index in [1.807, 2.05) is 38.1 Å². The van der Waals surface area contributed by atoms with Gasteiger partial charge < -0.3 is 4.74 Å². The summed E-state index contributed by atoms with van der Waals surface area (Å²) in [7, 11) is 0. The number of hydrogen-bond donors (Lipinski definition) is 0. The fourth-order valence-corrected chi connectivity index (χ4v) is 3.27. The smallest absolute Gasteiger partial charge is 0.338 e. The van der Waals surface area contributed by atoms with Crippen molar-refractivity contribution in [1.82, 2.24) is 4.90 Å². The van der Waals surface area contributed by atoms with E-state index in [0.717, 1.165) is 10.0 Å². The second-order valence-electron chi connectivity index (χ2n) is 6.20. The van der Waals surface area contributed by atoms with Crippen LogP contribution in [0.3, 0.4) is 0 Å². The number of benzene rings is 2. The highest BCUT2D eigenvalue weighted by Crippen LogP contribution is 2.27. The number of hydrogen-bond acceptors (Lipinski definition) is 4. The summed E-state index contributed by atoms with van der Waals surface area (Å²) in [4.78, 5) is 38.5. The van der Waals surface area contributed by atoms with Crippen molar-refractivity contribution in [2.45, 2.75) is 32.9 Å². The first kappa shape index (κ1) is 18.3. The fraction of sp³-hybridized carbons (Fsp3) is 0.250. The SMILES string of the molecule is CCC(C)N1C(=O)c2ccc(C(=O)OCc3cccc(Br)c3)cc2C1=O. The summed E-state index contributed by atoms with van der Waals surface area (Å²) in [5, 5.41) is 0. The minimum atomic E-state index is -0.532. The molecule has 0 saturated carbocycles. The van der Waals surface area contributed by atoms with Gasteiger partial charge in [-0.2, -0.15) is 0 Å². The topological polar surface area (TPSA) is 63.7 Å². The summed E-state index contributed by atoms with van der Waals surface area (Å²) in [5.41, 5.74) is 1.69. The minimum absolute atomic E-state index is 0.126. The van der Waals surface area contributed by atoms with Gasteiger partial charge in [0.1, 0.15) is 6.61 Å². The van der Waals surface area contributed by atoms with Crippen molar-refractivity contribution in [2.24, 2.45) is 0 Å². The zero-order valence-electron chi connectivity index (χ0n) is 14.5. The van der Waals surface area contributed by atoms with Crippen LogP contribution in [0.15, 0.2) is 46.9 Å². The first-order valence-corrected chi connectivity index (χ1v) is 9.15. The van der Waals surface area contributed by atoms with Gasteiger partial charge in [0.15, 0.2) is 0 Å². The van der Waals surface area contributed by atoms with Crippen molar-refractivity contribution < 1.29 is 19.1 Å². The molecular formula is C20H18BrNO4. The van der Waals surface area contributed by atoms with E-state index in [0.29, 0.717) is 12.0 Å². The van der Waals surface area contributed by atoms with Crippen LogP contribution < -0.4 is 0 Å². The third-order valence-corrected chi connectivity index (χ3v) is 4.94. The molecule has 0 fully saturated rings. The summed E-state index contributed by atoms with van der Waals surface area (Å²) < 4.78 is 6.22. The van der Waals surface area contributed by atoms with E-state index >= 15 is 0 Å². The Kier molecular flexibility index (Phi) is 5.23. The van der Waals surface area contributed by atoms with Gasteiger partial charge in [0.25, 0.3) is 11.8 Å². The predicted octanol–water partition coefficient (Wildman–Crippen LogP) is 4.20. The van der Waals surface area contributed by atoms with E-state index < -0.39 is 5.97 Å². The van der Waals surface area contributed by atoms with Crippen molar-refractivity contribution >= 4 is 33.7 Å². The van der Waals surface area contributed by atoms with Crippen LogP contribution in [0.1, 0.15) is 56.9 Å². The largest absolute Gasteiger partial charge is 0.457 e. The third kappa shape index (κ3) is 3.42. The Labute approximate surface area is 160 Å². The first-order chi connectivity index (χ1) is 12.4. The molecule has 0 radical (unpaired) electrons. The van der Waals surface area contributed by atoms with Gasteiger partial charge in [0, 0.05) is 10.5 Å². The van der Waals surface area contributed by atoms with E-state index in [1.54, 1.807) is 0 Å². The number of imide groups is 1. The Morgan fingerprint density at radius 3 is 2.54 bits per heavy atom. The number of ether oxygens (including phenoxy) is 1. The predicted molar refractivity (Wildman–Crippen MR) is 100.0 cm³/mol. The Morgan fingerprint density at radius 2 is 1.85 bits per heavy atom. The van der Waals surface area contributed by atoms with Gasteiger partial charge >= 0.3 is 5.97 Å². The molecule has 2 amide bonds. The van der Waals surface area contributed by atoms with Crippen LogP contribution in [0.5, 0.6) is 0 Å². The Hall–Kier alpha value is -2.47. The van der Waals surface area contributed by atoms with Crippen molar-refractivity contribution in [3.8, 4) is 0 Å². The monoisotopic (exact) mass is 415 g/mol. The lowest BCUT2D eigenvalue weighted by Gasteiger charge is -2.20. The Bertz CT molecular complexity index is 893. The van der Waals surface area contributed by atoms with Crippen molar-refractivity contribution in [3.63, 3.8) is 0 Å². The summed E-state index contributed by atoms with van der Waals surface area (Å²) >= 11 is 3.37. The molecule has 0 bridgehead atoms. The normalized spacial score (nSPS) is 14.3. The van der Waals surface area contributed by atoms with Gasteiger partial charge in [0.2, 0.25) is 0 Å². The molecular weight excluding hydrogens is 398 g/mol. The zero-order valence-corrected chi connectivity index (χ0v) is 16.1. The van der Waals surface area contributed by atoms with Crippen LogP contribution in [-0.2, 0) is 11.3 Å². The number of amides is 2. The van der Waals surface area contributed by atoms with Gasteiger partial charge in [-0.1, -0.05) is 35.0 Å². The fourth-order valence-electron chi connectivity index (χ4n) is 2.83. The lowest BCUT2D eigenvalue weighted by atomic mass is 10.1. The molecule has 26 heavy (non-hydrogen) atoms. The molecule has 0 aromatic heterocycles. The molecule has 1 unspecified atom stereocenters. The van der Waals surface area contributed by atoms with Crippen molar-refractivity contribution in [3.05, 3.63) is 69.2 Å². The van der Waals surface area contributed by atoms with Crippen LogP contribution in [0.4, 0.5) is 0 Å². The maximum absolute atomic E-state index is 12.5. The van der Waals surface area contributed by atoms with Crippen LogP contribution in [0.25, 0.3) is 0 Å². The number of halogens is 1. The molecule has 6 heteroatoms. The van der Waals surface area contributed by atoms with Crippen molar-refractivity contribution in [1.29, 1.82) is 0 Å².